The molecule has 1 fully saturated rings. The molecule has 21 heavy (non-hydrogen) atoms. The zero-order valence-corrected chi connectivity index (χ0v) is 13.8. The van der Waals surface area contributed by atoms with Gasteiger partial charge in [0.2, 0.25) is 0 Å². The van der Waals surface area contributed by atoms with Gasteiger partial charge in [0.15, 0.2) is 0 Å². The van der Waals surface area contributed by atoms with Crippen molar-refractivity contribution in [2.24, 2.45) is 17.8 Å². The Hall–Kier alpha value is -1.29. The van der Waals surface area contributed by atoms with Crippen LogP contribution < -0.4 is 10.5 Å². The molecule has 1 aromatic carbocycles. The van der Waals surface area contributed by atoms with Gasteiger partial charge in [0.05, 0.1) is 10.2 Å². The SMILES string of the molecule is CC1CCC(C(C)C)C(Oc2nc3ccc(N)cc3s2)C1. The molecule has 0 amide bonds. The van der Waals surface area contributed by atoms with Crippen molar-refractivity contribution in [1.29, 1.82) is 0 Å². The topological polar surface area (TPSA) is 48.1 Å². The van der Waals surface area contributed by atoms with Crippen molar-refractivity contribution in [3.63, 3.8) is 0 Å². The van der Waals surface area contributed by atoms with Crippen LogP contribution in [0.25, 0.3) is 10.2 Å². The second kappa shape index (κ2) is 5.84. The highest BCUT2D eigenvalue weighted by molar-refractivity contribution is 7.20. The van der Waals surface area contributed by atoms with Crippen molar-refractivity contribution in [3.8, 4) is 5.19 Å². The minimum atomic E-state index is 0.298. The molecule has 0 spiro atoms. The van der Waals surface area contributed by atoms with E-state index in [0.717, 1.165) is 33.4 Å². The number of nitrogen functional groups attached to an aromatic ring is 1. The highest BCUT2D eigenvalue weighted by atomic mass is 32.1. The third-order valence-electron chi connectivity index (χ3n) is 4.61. The molecule has 1 aliphatic rings. The number of benzene rings is 1. The Kier molecular flexibility index (Phi) is 4.07. The van der Waals surface area contributed by atoms with Gasteiger partial charge in [0.25, 0.3) is 5.19 Å². The molecule has 0 bridgehead atoms. The van der Waals surface area contributed by atoms with Gasteiger partial charge in [-0.1, -0.05) is 38.5 Å². The third-order valence-corrected chi connectivity index (χ3v) is 5.52. The normalized spacial score (nSPS) is 26.4. The number of nitrogens with zero attached hydrogens (tertiary/aromatic N) is 1. The first-order chi connectivity index (χ1) is 10.0. The van der Waals surface area contributed by atoms with Gasteiger partial charge in [0, 0.05) is 5.69 Å². The van der Waals surface area contributed by atoms with Crippen LogP contribution in [-0.4, -0.2) is 11.1 Å². The van der Waals surface area contributed by atoms with E-state index in [2.05, 4.69) is 25.8 Å². The Labute approximate surface area is 130 Å². The molecule has 2 N–H and O–H groups in total. The van der Waals surface area contributed by atoms with Gasteiger partial charge in [-0.25, -0.2) is 4.98 Å². The molecule has 3 unspecified atom stereocenters. The van der Waals surface area contributed by atoms with E-state index in [1.54, 1.807) is 11.3 Å². The smallest absolute Gasteiger partial charge is 0.274 e. The second-order valence-electron chi connectivity index (χ2n) is 6.69. The fourth-order valence-corrected chi connectivity index (χ4v) is 4.27. The quantitative estimate of drug-likeness (QED) is 0.835. The maximum atomic E-state index is 6.29. The number of aromatic nitrogens is 1. The van der Waals surface area contributed by atoms with Crippen molar-refractivity contribution in [3.05, 3.63) is 18.2 Å². The summed E-state index contributed by atoms with van der Waals surface area (Å²) in [6, 6.07) is 5.84. The molecule has 3 rings (SSSR count). The monoisotopic (exact) mass is 304 g/mol. The summed E-state index contributed by atoms with van der Waals surface area (Å²) in [4.78, 5) is 4.61. The van der Waals surface area contributed by atoms with Crippen molar-refractivity contribution < 1.29 is 4.74 Å². The second-order valence-corrected chi connectivity index (χ2v) is 7.68. The summed E-state index contributed by atoms with van der Waals surface area (Å²) in [6.45, 7) is 6.93. The maximum Gasteiger partial charge on any atom is 0.274 e. The van der Waals surface area contributed by atoms with Crippen molar-refractivity contribution >= 4 is 27.2 Å². The molecule has 1 aromatic heterocycles. The first-order valence-electron chi connectivity index (χ1n) is 7.85. The van der Waals surface area contributed by atoms with Crippen LogP contribution in [-0.2, 0) is 0 Å². The maximum absolute atomic E-state index is 6.29. The predicted molar refractivity (Wildman–Crippen MR) is 89.8 cm³/mol. The van der Waals surface area contributed by atoms with E-state index >= 15 is 0 Å². The summed E-state index contributed by atoms with van der Waals surface area (Å²) in [6.07, 6.45) is 4.02. The lowest BCUT2D eigenvalue weighted by atomic mass is 9.75. The molecule has 3 nitrogen and oxygen atoms in total. The Balaban J connectivity index is 1.81. The van der Waals surface area contributed by atoms with Crippen molar-refractivity contribution in [1.82, 2.24) is 4.98 Å². The zero-order valence-electron chi connectivity index (χ0n) is 13.0. The molecule has 0 aliphatic heterocycles. The molecule has 1 heterocycles. The van der Waals surface area contributed by atoms with Crippen LogP contribution in [0.3, 0.4) is 0 Å². The Morgan fingerprint density at radius 2 is 2.14 bits per heavy atom. The number of hydrogen-bond acceptors (Lipinski definition) is 4. The Bertz CT molecular complexity index is 622. The van der Waals surface area contributed by atoms with Gasteiger partial charge in [0.1, 0.15) is 6.10 Å². The van der Waals surface area contributed by atoms with E-state index < -0.39 is 0 Å². The van der Waals surface area contributed by atoms with Crippen LogP contribution in [0.15, 0.2) is 18.2 Å². The number of hydrogen-bond donors (Lipinski definition) is 1. The molecule has 1 aliphatic carbocycles. The number of anilines is 1. The van der Waals surface area contributed by atoms with Crippen LogP contribution in [0, 0.1) is 17.8 Å². The summed E-state index contributed by atoms with van der Waals surface area (Å²) in [7, 11) is 0. The van der Waals surface area contributed by atoms with Gasteiger partial charge < -0.3 is 10.5 Å². The highest BCUT2D eigenvalue weighted by Crippen LogP contribution is 2.38. The van der Waals surface area contributed by atoms with E-state index in [9.17, 15) is 0 Å². The van der Waals surface area contributed by atoms with Gasteiger partial charge in [-0.2, -0.15) is 0 Å². The average molecular weight is 304 g/mol. The molecule has 2 aromatic rings. The van der Waals surface area contributed by atoms with Crippen LogP contribution in [0.4, 0.5) is 5.69 Å². The van der Waals surface area contributed by atoms with Gasteiger partial charge >= 0.3 is 0 Å². The summed E-state index contributed by atoms with van der Waals surface area (Å²) >= 11 is 1.61. The van der Waals surface area contributed by atoms with Gasteiger partial charge in [-0.15, -0.1) is 0 Å². The van der Waals surface area contributed by atoms with E-state index in [0.29, 0.717) is 17.9 Å². The summed E-state index contributed by atoms with van der Waals surface area (Å²) in [5.74, 6) is 2.04. The van der Waals surface area contributed by atoms with Gasteiger partial charge in [-0.05, 0) is 48.8 Å². The van der Waals surface area contributed by atoms with Crippen molar-refractivity contribution in [2.75, 3.05) is 5.73 Å². The summed E-state index contributed by atoms with van der Waals surface area (Å²) < 4.78 is 7.40. The minimum Gasteiger partial charge on any atom is -0.466 e. The first kappa shape index (κ1) is 14.6. The van der Waals surface area contributed by atoms with Crippen molar-refractivity contribution in [2.45, 2.75) is 46.1 Å². The van der Waals surface area contributed by atoms with Crippen LogP contribution >= 0.6 is 11.3 Å². The molecular formula is C17H24N2OS. The Morgan fingerprint density at radius 1 is 1.33 bits per heavy atom. The molecular weight excluding hydrogens is 280 g/mol. The minimum absolute atomic E-state index is 0.298. The van der Waals surface area contributed by atoms with E-state index in [-0.39, 0.29) is 0 Å². The predicted octanol–water partition coefficient (Wildman–Crippen LogP) is 4.72. The van der Waals surface area contributed by atoms with Crippen LogP contribution in [0.2, 0.25) is 0 Å². The average Bonchev–Trinajstić information content (AvgIpc) is 2.79. The fourth-order valence-electron chi connectivity index (χ4n) is 3.35. The lowest BCUT2D eigenvalue weighted by Gasteiger charge is -2.36. The number of thiazole rings is 1. The zero-order chi connectivity index (χ0) is 15.0. The number of nitrogens with two attached hydrogens (primary N) is 1. The highest BCUT2D eigenvalue weighted by Gasteiger charge is 2.32. The number of ether oxygens (including phenoxy) is 1. The van der Waals surface area contributed by atoms with E-state index in [1.807, 2.05) is 18.2 Å². The third kappa shape index (κ3) is 3.15. The molecule has 0 saturated heterocycles. The number of rotatable bonds is 3. The molecule has 3 atom stereocenters. The molecule has 114 valence electrons. The lowest BCUT2D eigenvalue weighted by Crippen LogP contribution is -2.36. The van der Waals surface area contributed by atoms with Crippen LogP contribution in [0.1, 0.15) is 40.0 Å². The molecule has 4 heteroatoms. The largest absolute Gasteiger partial charge is 0.466 e. The van der Waals surface area contributed by atoms with E-state index in [1.165, 1.54) is 12.8 Å². The summed E-state index contributed by atoms with van der Waals surface area (Å²) in [5.41, 5.74) is 7.60. The lowest BCUT2D eigenvalue weighted by molar-refractivity contribution is 0.0460. The molecule has 1 saturated carbocycles. The first-order valence-corrected chi connectivity index (χ1v) is 8.67. The van der Waals surface area contributed by atoms with Gasteiger partial charge in [-0.3, -0.25) is 0 Å². The van der Waals surface area contributed by atoms with E-state index in [4.69, 9.17) is 10.5 Å². The van der Waals surface area contributed by atoms with Crippen LogP contribution in [0.5, 0.6) is 5.19 Å². The Morgan fingerprint density at radius 3 is 2.90 bits per heavy atom. The molecule has 0 radical (unpaired) electrons. The number of fused-ring (bicyclic) bond motifs is 1. The fraction of sp³-hybridized carbons (Fsp3) is 0.588. The standard InChI is InChI=1S/C17H24N2OS/c1-10(2)13-6-4-11(3)8-15(13)20-17-19-14-7-5-12(18)9-16(14)21-17/h5,7,9-11,13,15H,4,6,8,18H2,1-3H3. The summed E-state index contributed by atoms with van der Waals surface area (Å²) in [5, 5.41) is 0.792.